The van der Waals surface area contributed by atoms with Crippen LogP contribution in [-0.2, 0) is 7.05 Å². The second-order valence-electron chi connectivity index (χ2n) is 5.38. The molecule has 0 aliphatic heterocycles. The maximum absolute atomic E-state index is 12.7. The largest absolute Gasteiger partial charge is 0.378 e. The minimum Gasteiger partial charge on any atom is -0.378 e. The van der Waals surface area contributed by atoms with E-state index in [9.17, 15) is 9.59 Å². The molecule has 112 valence electrons. The van der Waals surface area contributed by atoms with Crippen LogP contribution in [-0.4, -0.2) is 24.4 Å². The van der Waals surface area contributed by atoms with Gasteiger partial charge in [-0.2, -0.15) is 0 Å². The number of aromatic nitrogens is 1. The molecular weight excluding hydrogens is 296 g/mol. The number of carbonyl (C=O) groups is 1. The van der Waals surface area contributed by atoms with E-state index in [4.69, 9.17) is 0 Å². The van der Waals surface area contributed by atoms with Crippen LogP contribution in [0.4, 0.5) is 5.69 Å². The minimum atomic E-state index is -0.0332. The SMILES string of the molecule is CN(C)c1cccc(C(=O)c2ccc3c(c2)sc(=O)n3C)c1. The van der Waals surface area contributed by atoms with Crippen molar-refractivity contribution in [1.29, 1.82) is 0 Å². The van der Waals surface area contributed by atoms with E-state index in [0.717, 1.165) is 27.2 Å². The molecule has 0 saturated heterocycles. The summed E-state index contributed by atoms with van der Waals surface area (Å²) in [6.45, 7) is 0. The number of hydrogen-bond acceptors (Lipinski definition) is 4. The minimum absolute atomic E-state index is 0.0193. The molecule has 0 amide bonds. The van der Waals surface area contributed by atoms with Crippen LogP contribution in [0.1, 0.15) is 15.9 Å². The van der Waals surface area contributed by atoms with Crippen molar-refractivity contribution in [1.82, 2.24) is 4.57 Å². The summed E-state index contributed by atoms with van der Waals surface area (Å²) in [6, 6.07) is 12.9. The van der Waals surface area contributed by atoms with Crippen LogP contribution in [0.3, 0.4) is 0 Å². The maximum atomic E-state index is 12.7. The molecule has 0 saturated carbocycles. The van der Waals surface area contributed by atoms with Crippen LogP contribution in [0.5, 0.6) is 0 Å². The van der Waals surface area contributed by atoms with Crippen LogP contribution in [0.2, 0.25) is 0 Å². The molecule has 3 rings (SSSR count). The zero-order valence-electron chi connectivity index (χ0n) is 12.7. The van der Waals surface area contributed by atoms with E-state index in [2.05, 4.69) is 0 Å². The van der Waals surface area contributed by atoms with Crippen molar-refractivity contribution >= 4 is 33.0 Å². The first-order valence-corrected chi connectivity index (χ1v) is 7.70. The number of nitrogens with zero attached hydrogens (tertiary/aromatic N) is 2. The van der Waals surface area contributed by atoms with Crippen LogP contribution in [0, 0.1) is 0 Å². The smallest absolute Gasteiger partial charge is 0.307 e. The normalized spacial score (nSPS) is 10.9. The summed E-state index contributed by atoms with van der Waals surface area (Å²) in [5.74, 6) is -0.0332. The fraction of sp³-hybridized carbons (Fsp3) is 0.176. The summed E-state index contributed by atoms with van der Waals surface area (Å²) in [7, 11) is 5.62. The van der Waals surface area contributed by atoms with Crippen molar-refractivity contribution in [3.8, 4) is 0 Å². The van der Waals surface area contributed by atoms with Crippen molar-refractivity contribution in [2.75, 3.05) is 19.0 Å². The lowest BCUT2D eigenvalue weighted by Crippen LogP contribution is -2.10. The Hall–Kier alpha value is -2.40. The van der Waals surface area contributed by atoms with Crippen molar-refractivity contribution < 1.29 is 4.79 Å². The van der Waals surface area contributed by atoms with Crippen LogP contribution in [0.15, 0.2) is 47.3 Å². The van der Waals surface area contributed by atoms with Gasteiger partial charge in [0, 0.05) is 38.0 Å². The molecule has 0 atom stereocenters. The Bertz CT molecular complexity index is 922. The number of anilines is 1. The molecule has 0 unspecified atom stereocenters. The number of rotatable bonds is 3. The molecule has 0 radical (unpaired) electrons. The van der Waals surface area contributed by atoms with Gasteiger partial charge in [0.25, 0.3) is 0 Å². The zero-order valence-corrected chi connectivity index (χ0v) is 13.5. The molecule has 5 heteroatoms. The number of hydrogen-bond donors (Lipinski definition) is 0. The highest BCUT2D eigenvalue weighted by Crippen LogP contribution is 2.21. The molecule has 2 aromatic carbocycles. The number of aryl methyl sites for hydroxylation is 1. The second-order valence-corrected chi connectivity index (χ2v) is 6.38. The standard InChI is InChI=1S/C17H16N2O2S/c1-18(2)13-6-4-5-11(9-13)16(20)12-7-8-14-15(10-12)22-17(21)19(14)3/h4-10H,1-3H3. The van der Waals surface area contributed by atoms with Crippen molar-refractivity contribution in [3.63, 3.8) is 0 Å². The molecular formula is C17H16N2O2S. The highest BCUT2D eigenvalue weighted by atomic mass is 32.1. The van der Waals surface area contributed by atoms with E-state index >= 15 is 0 Å². The van der Waals surface area contributed by atoms with Gasteiger partial charge in [-0.3, -0.25) is 9.59 Å². The van der Waals surface area contributed by atoms with Crippen LogP contribution in [0.25, 0.3) is 10.2 Å². The first kappa shape index (κ1) is 14.5. The molecule has 1 aromatic heterocycles. The van der Waals surface area contributed by atoms with E-state index in [1.54, 1.807) is 23.7 Å². The van der Waals surface area contributed by atoms with Crippen molar-refractivity contribution in [2.24, 2.45) is 7.05 Å². The molecule has 0 bridgehead atoms. The topological polar surface area (TPSA) is 42.3 Å². The van der Waals surface area contributed by atoms with E-state index in [-0.39, 0.29) is 10.7 Å². The highest BCUT2D eigenvalue weighted by molar-refractivity contribution is 7.16. The number of fused-ring (bicyclic) bond motifs is 1. The Kier molecular flexibility index (Phi) is 3.58. The highest BCUT2D eigenvalue weighted by Gasteiger charge is 2.12. The molecule has 0 spiro atoms. The molecule has 0 N–H and O–H groups in total. The first-order chi connectivity index (χ1) is 10.5. The lowest BCUT2D eigenvalue weighted by atomic mass is 10.0. The molecule has 0 fully saturated rings. The van der Waals surface area contributed by atoms with Gasteiger partial charge in [-0.1, -0.05) is 23.5 Å². The van der Waals surface area contributed by atoms with Gasteiger partial charge in [0.2, 0.25) is 0 Å². The van der Waals surface area contributed by atoms with Crippen molar-refractivity contribution in [2.45, 2.75) is 0 Å². The Morgan fingerprint density at radius 2 is 1.82 bits per heavy atom. The van der Waals surface area contributed by atoms with Gasteiger partial charge in [-0.05, 0) is 30.3 Å². The lowest BCUT2D eigenvalue weighted by Gasteiger charge is -2.13. The fourth-order valence-corrected chi connectivity index (χ4v) is 3.29. The van der Waals surface area contributed by atoms with Crippen LogP contribution < -0.4 is 9.77 Å². The van der Waals surface area contributed by atoms with Gasteiger partial charge in [-0.25, -0.2) is 0 Å². The van der Waals surface area contributed by atoms with E-state index in [1.165, 1.54) is 0 Å². The molecule has 4 nitrogen and oxygen atoms in total. The maximum Gasteiger partial charge on any atom is 0.307 e. The summed E-state index contributed by atoms with van der Waals surface area (Å²) >= 11 is 1.16. The molecule has 22 heavy (non-hydrogen) atoms. The number of thiazole rings is 1. The zero-order chi connectivity index (χ0) is 15.9. The predicted octanol–water partition coefficient (Wildman–Crippen LogP) is 2.90. The van der Waals surface area contributed by atoms with Crippen molar-refractivity contribution in [3.05, 3.63) is 63.3 Å². The van der Waals surface area contributed by atoms with Gasteiger partial charge < -0.3 is 9.47 Å². The Labute approximate surface area is 132 Å². The Balaban J connectivity index is 2.05. The average molecular weight is 312 g/mol. The molecule has 0 aliphatic rings. The molecule has 1 heterocycles. The number of carbonyl (C=O) groups excluding carboxylic acids is 1. The third-order valence-electron chi connectivity index (χ3n) is 3.68. The number of ketones is 1. The summed E-state index contributed by atoms with van der Waals surface area (Å²) in [5, 5.41) is 0. The van der Waals surface area contributed by atoms with Gasteiger partial charge in [0.05, 0.1) is 10.2 Å². The van der Waals surface area contributed by atoms with Gasteiger partial charge in [0.1, 0.15) is 0 Å². The quantitative estimate of drug-likeness (QED) is 0.698. The first-order valence-electron chi connectivity index (χ1n) is 6.89. The fourth-order valence-electron chi connectivity index (χ4n) is 2.37. The number of benzene rings is 2. The summed E-state index contributed by atoms with van der Waals surface area (Å²) in [6.07, 6.45) is 0. The summed E-state index contributed by atoms with van der Waals surface area (Å²) in [5.41, 5.74) is 3.09. The predicted molar refractivity (Wildman–Crippen MR) is 91.3 cm³/mol. The Morgan fingerprint density at radius 1 is 1.09 bits per heavy atom. The van der Waals surface area contributed by atoms with Gasteiger partial charge in [-0.15, -0.1) is 0 Å². The molecule has 3 aromatic rings. The van der Waals surface area contributed by atoms with Crippen LogP contribution >= 0.6 is 11.3 Å². The third-order valence-corrected chi connectivity index (χ3v) is 4.67. The van der Waals surface area contributed by atoms with E-state index in [1.807, 2.05) is 49.3 Å². The van der Waals surface area contributed by atoms with Gasteiger partial charge in [0.15, 0.2) is 5.78 Å². The summed E-state index contributed by atoms with van der Waals surface area (Å²) in [4.78, 5) is 26.3. The monoisotopic (exact) mass is 312 g/mol. The molecule has 0 aliphatic carbocycles. The van der Waals surface area contributed by atoms with E-state index in [0.29, 0.717) is 11.1 Å². The summed E-state index contributed by atoms with van der Waals surface area (Å²) < 4.78 is 2.43. The Morgan fingerprint density at radius 3 is 2.55 bits per heavy atom. The lowest BCUT2D eigenvalue weighted by molar-refractivity contribution is 0.103. The van der Waals surface area contributed by atoms with Gasteiger partial charge >= 0.3 is 4.87 Å². The second kappa shape index (κ2) is 5.42. The third kappa shape index (κ3) is 2.44. The van der Waals surface area contributed by atoms with E-state index < -0.39 is 0 Å². The average Bonchev–Trinajstić information content (AvgIpc) is 2.81.